The molecule has 194 valence electrons. The Bertz CT molecular complexity index is 1380. The quantitative estimate of drug-likeness (QED) is 0.382. The number of amides is 1. The van der Waals surface area contributed by atoms with Crippen molar-refractivity contribution >= 4 is 23.3 Å². The Balaban J connectivity index is 1.48. The Hall–Kier alpha value is -3.39. The number of nitrogens with zero attached hydrogens (tertiary/aromatic N) is 4. The largest absolute Gasteiger partial charge is 0.496 e. The van der Waals surface area contributed by atoms with E-state index in [9.17, 15) is 9.18 Å². The fourth-order valence-corrected chi connectivity index (χ4v) is 5.19. The summed E-state index contributed by atoms with van der Waals surface area (Å²) in [5.41, 5.74) is 3.04. The SMILES string of the molecule is COc1ccc(F)cc1C1=CCC(c2nnc3n2-c2ccc(Cl)cc2CN(C(=O)OC(C)(C)C)C3)CC1. The second kappa shape index (κ2) is 9.82. The molecule has 9 heteroatoms. The van der Waals surface area contributed by atoms with Crippen molar-refractivity contribution < 1.29 is 18.7 Å². The maximum atomic E-state index is 14.0. The highest BCUT2D eigenvalue weighted by atomic mass is 35.5. The fraction of sp³-hybridized carbons (Fsp3) is 0.393. The molecule has 1 aliphatic heterocycles. The summed E-state index contributed by atoms with van der Waals surface area (Å²) in [6.07, 6.45) is 4.03. The number of fused-ring (bicyclic) bond motifs is 3. The van der Waals surface area contributed by atoms with Crippen LogP contribution in [-0.2, 0) is 17.8 Å². The molecule has 2 aliphatic rings. The normalized spacial score (nSPS) is 17.4. The molecule has 2 aromatic carbocycles. The number of aromatic nitrogens is 3. The van der Waals surface area contributed by atoms with E-state index >= 15 is 0 Å². The molecule has 3 aromatic rings. The van der Waals surface area contributed by atoms with Crippen LogP contribution in [0.2, 0.25) is 5.02 Å². The number of hydrogen-bond acceptors (Lipinski definition) is 5. The molecule has 0 saturated heterocycles. The average molecular weight is 525 g/mol. The summed E-state index contributed by atoms with van der Waals surface area (Å²) < 4.78 is 27.1. The van der Waals surface area contributed by atoms with Gasteiger partial charge in [-0.1, -0.05) is 17.7 Å². The molecule has 0 saturated carbocycles. The van der Waals surface area contributed by atoms with E-state index in [1.54, 1.807) is 18.1 Å². The lowest BCUT2D eigenvalue weighted by atomic mass is 9.85. The summed E-state index contributed by atoms with van der Waals surface area (Å²) in [7, 11) is 1.60. The molecule has 1 aromatic heterocycles. The lowest BCUT2D eigenvalue weighted by molar-refractivity contribution is 0.0214. The van der Waals surface area contributed by atoms with Crippen molar-refractivity contribution in [1.29, 1.82) is 0 Å². The second-order valence-corrected chi connectivity index (χ2v) is 10.9. The number of carbonyl (C=O) groups excluding carboxylic acids is 1. The van der Waals surface area contributed by atoms with Gasteiger partial charge >= 0.3 is 6.09 Å². The Morgan fingerprint density at radius 2 is 1.95 bits per heavy atom. The minimum atomic E-state index is -0.615. The zero-order valence-electron chi connectivity index (χ0n) is 21.4. The fourth-order valence-electron chi connectivity index (χ4n) is 4.99. The molecule has 1 aliphatic carbocycles. The van der Waals surface area contributed by atoms with E-state index in [1.165, 1.54) is 12.1 Å². The first-order chi connectivity index (χ1) is 17.6. The van der Waals surface area contributed by atoms with Crippen LogP contribution < -0.4 is 4.74 Å². The summed E-state index contributed by atoms with van der Waals surface area (Å²) in [5.74, 6) is 2.00. The van der Waals surface area contributed by atoms with Gasteiger partial charge in [-0.25, -0.2) is 9.18 Å². The molecule has 0 radical (unpaired) electrons. The van der Waals surface area contributed by atoms with Crippen LogP contribution in [-0.4, -0.2) is 38.5 Å². The van der Waals surface area contributed by atoms with Crippen molar-refractivity contribution in [3.05, 3.63) is 76.1 Å². The van der Waals surface area contributed by atoms with Crippen LogP contribution in [0.1, 0.15) is 68.7 Å². The standard InChI is InChI=1S/C28H30ClFN4O3/c1-28(2,3)37-27(35)33-15-19-13-20(29)9-11-23(19)34-25(16-33)31-32-26(34)18-7-5-17(6-8-18)22-14-21(30)10-12-24(22)36-4/h5,9-14,18H,6-8,15-16H2,1-4H3. The van der Waals surface area contributed by atoms with Crippen molar-refractivity contribution in [3.8, 4) is 11.4 Å². The van der Waals surface area contributed by atoms with Crippen molar-refractivity contribution in [2.75, 3.05) is 7.11 Å². The maximum Gasteiger partial charge on any atom is 0.411 e. The van der Waals surface area contributed by atoms with Crippen molar-refractivity contribution in [3.63, 3.8) is 0 Å². The lowest BCUT2D eigenvalue weighted by Crippen LogP contribution is -2.35. The van der Waals surface area contributed by atoms with E-state index in [-0.39, 0.29) is 18.3 Å². The highest BCUT2D eigenvalue weighted by Crippen LogP contribution is 2.40. The number of allylic oxidation sites excluding steroid dienone is 2. The average Bonchev–Trinajstić information content (AvgIpc) is 3.18. The molecule has 5 rings (SSSR count). The van der Waals surface area contributed by atoms with Gasteiger partial charge in [0, 0.05) is 16.5 Å². The number of ether oxygens (including phenoxy) is 2. The first kappa shape index (κ1) is 25.3. The van der Waals surface area contributed by atoms with Crippen LogP contribution in [0.15, 0.2) is 42.5 Å². The number of methoxy groups -OCH3 is 1. The molecule has 1 atom stereocenters. The van der Waals surface area contributed by atoms with Gasteiger partial charge in [-0.3, -0.25) is 9.47 Å². The summed E-state index contributed by atoms with van der Waals surface area (Å²) in [5, 5.41) is 9.68. The van der Waals surface area contributed by atoms with Crippen molar-refractivity contribution in [1.82, 2.24) is 19.7 Å². The number of benzene rings is 2. The summed E-state index contributed by atoms with van der Waals surface area (Å²) in [6, 6.07) is 10.3. The Labute approximate surface area is 220 Å². The predicted octanol–water partition coefficient (Wildman–Crippen LogP) is 6.67. The molecular formula is C28H30ClFN4O3. The third kappa shape index (κ3) is 5.21. The van der Waals surface area contributed by atoms with Crippen molar-refractivity contribution in [2.24, 2.45) is 0 Å². The number of halogens is 2. The van der Waals surface area contributed by atoms with E-state index in [1.807, 2.05) is 39.0 Å². The van der Waals surface area contributed by atoms with Gasteiger partial charge in [0.15, 0.2) is 5.82 Å². The van der Waals surface area contributed by atoms with Crippen molar-refractivity contribution in [2.45, 2.75) is 64.6 Å². The molecular weight excluding hydrogens is 495 g/mol. The molecule has 0 fully saturated rings. The third-order valence-corrected chi connectivity index (χ3v) is 6.90. The Morgan fingerprint density at radius 3 is 2.65 bits per heavy atom. The van der Waals surface area contributed by atoms with Gasteiger partial charge in [0.25, 0.3) is 0 Å². The van der Waals surface area contributed by atoms with Crippen LogP contribution in [0.25, 0.3) is 11.3 Å². The van der Waals surface area contributed by atoms with Gasteiger partial charge in [0.2, 0.25) is 0 Å². The smallest absolute Gasteiger partial charge is 0.411 e. The van der Waals surface area contributed by atoms with E-state index in [2.05, 4.69) is 20.8 Å². The topological polar surface area (TPSA) is 69.5 Å². The van der Waals surface area contributed by atoms with Gasteiger partial charge in [-0.15, -0.1) is 10.2 Å². The first-order valence-electron chi connectivity index (χ1n) is 12.4. The summed E-state index contributed by atoms with van der Waals surface area (Å²) in [6.45, 7) is 6.15. The van der Waals surface area contributed by atoms with Gasteiger partial charge in [0.05, 0.1) is 25.9 Å². The highest BCUT2D eigenvalue weighted by Gasteiger charge is 2.32. The zero-order chi connectivity index (χ0) is 26.3. The molecule has 1 amide bonds. The number of hydrogen-bond donors (Lipinski definition) is 0. The predicted molar refractivity (Wildman–Crippen MR) is 139 cm³/mol. The summed E-state index contributed by atoms with van der Waals surface area (Å²) >= 11 is 6.34. The Kier molecular flexibility index (Phi) is 6.70. The highest BCUT2D eigenvalue weighted by molar-refractivity contribution is 6.30. The Morgan fingerprint density at radius 1 is 1.14 bits per heavy atom. The molecule has 2 heterocycles. The zero-order valence-corrected chi connectivity index (χ0v) is 22.2. The number of rotatable bonds is 3. The monoisotopic (exact) mass is 524 g/mol. The van der Waals surface area contributed by atoms with Gasteiger partial charge in [-0.2, -0.15) is 0 Å². The molecule has 0 spiro atoms. The first-order valence-corrected chi connectivity index (χ1v) is 12.7. The van der Waals surface area contributed by atoms with E-state index < -0.39 is 11.7 Å². The van der Waals surface area contributed by atoms with Crippen LogP contribution in [0, 0.1) is 5.82 Å². The molecule has 0 bridgehead atoms. The molecule has 37 heavy (non-hydrogen) atoms. The summed E-state index contributed by atoms with van der Waals surface area (Å²) in [4.78, 5) is 14.6. The van der Waals surface area contributed by atoms with Crippen LogP contribution in [0.3, 0.4) is 0 Å². The van der Waals surface area contributed by atoms with E-state index in [4.69, 9.17) is 21.1 Å². The third-order valence-electron chi connectivity index (χ3n) is 6.67. The minimum absolute atomic E-state index is 0.112. The van der Waals surface area contributed by atoms with Gasteiger partial charge in [0.1, 0.15) is 23.0 Å². The van der Waals surface area contributed by atoms with Crippen LogP contribution in [0.4, 0.5) is 9.18 Å². The van der Waals surface area contributed by atoms with E-state index in [0.717, 1.165) is 47.5 Å². The second-order valence-electron chi connectivity index (χ2n) is 10.5. The van der Waals surface area contributed by atoms with E-state index in [0.29, 0.717) is 23.1 Å². The van der Waals surface area contributed by atoms with Gasteiger partial charge in [-0.05, 0) is 87.6 Å². The molecule has 7 nitrogen and oxygen atoms in total. The van der Waals surface area contributed by atoms with Gasteiger partial charge < -0.3 is 9.47 Å². The minimum Gasteiger partial charge on any atom is -0.496 e. The lowest BCUT2D eigenvalue weighted by Gasteiger charge is -2.26. The maximum absolute atomic E-state index is 14.0. The van der Waals surface area contributed by atoms with Crippen LogP contribution in [0.5, 0.6) is 5.75 Å². The molecule has 0 N–H and O–H groups in total. The van der Waals surface area contributed by atoms with Crippen LogP contribution >= 0.6 is 11.6 Å². The number of carbonyl (C=O) groups is 1. The molecule has 1 unspecified atom stereocenters.